The topological polar surface area (TPSA) is 52.6 Å². The molecular weight excluding hydrogens is 463 g/mol. The van der Waals surface area contributed by atoms with Gasteiger partial charge in [0.15, 0.2) is 0 Å². The molecule has 0 aromatic rings. The van der Waals surface area contributed by atoms with Gasteiger partial charge in [-0.2, -0.15) is 0 Å². The van der Waals surface area contributed by atoms with E-state index in [1.807, 2.05) is 0 Å². The number of carbonyl (C=O) groups is 2. The van der Waals surface area contributed by atoms with Gasteiger partial charge < -0.3 is 0 Å². The minimum atomic E-state index is -3.54. The summed E-state index contributed by atoms with van der Waals surface area (Å²) in [5, 5.41) is 0. The fraction of sp³-hybridized carbons (Fsp3) is 0.400. The van der Waals surface area contributed by atoms with Crippen LogP contribution in [0.15, 0.2) is 23.7 Å². The van der Waals surface area contributed by atoms with E-state index in [0.717, 1.165) is 0 Å². The van der Waals surface area contributed by atoms with Crippen molar-refractivity contribution in [1.29, 1.82) is 0 Å². The molecule has 17 heavy (non-hydrogen) atoms. The summed E-state index contributed by atoms with van der Waals surface area (Å²) < 4.78 is 11.0. The minimum absolute atomic E-state index is 0.0967. The Morgan fingerprint density at radius 3 is 1.41 bits per heavy atom. The predicted molar refractivity (Wildman–Crippen MR) is 74.7 cm³/mol. The molecule has 0 N–H and O–H groups in total. The SMILES string of the molecule is CC(=O)/C=C(\C)[O][Sn]([Br])([Br])[O]/C(C)=C/C(C)=O. The first-order chi connectivity index (χ1) is 7.62. The molecule has 4 nitrogen and oxygen atoms in total. The van der Waals surface area contributed by atoms with E-state index >= 15 is 0 Å². The van der Waals surface area contributed by atoms with Crippen LogP contribution >= 0.6 is 25.4 Å². The summed E-state index contributed by atoms with van der Waals surface area (Å²) in [6, 6.07) is 0. The number of rotatable bonds is 6. The standard InChI is InChI=1S/2C5H8O2.2BrH.Sn/c2*1-4(6)3-5(2)7;;;/h2*3,6H,1-2H3;2*1H;/q;;;;+4/p-4/b2*4-3+;;;. The Labute approximate surface area is 118 Å². The van der Waals surface area contributed by atoms with E-state index in [1.54, 1.807) is 13.8 Å². The van der Waals surface area contributed by atoms with Gasteiger partial charge in [0.05, 0.1) is 0 Å². The maximum absolute atomic E-state index is 10.8. The Bertz CT molecular complexity index is 341. The van der Waals surface area contributed by atoms with Crippen molar-refractivity contribution in [3.05, 3.63) is 23.7 Å². The molecule has 96 valence electrons. The van der Waals surface area contributed by atoms with Crippen molar-refractivity contribution in [3.63, 3.8) is 0 Å². The molecule has 0 aliphatic heterocycles. The maximum atomic E-state index is 10.8. The molecule has 0 aromatic heterocycles. The van der Waals surface area contributed by atoms with Crippen LogP contribution in [0.1, 0.15) is 27.7 Å². The molecule has 0 aliphatic carbocycles. The van der Waals surface area contributed by atoms with E-state index in [2.05, 4.69) is 25.4 Å². The van der Waals surface area contributed by atoms with Gasteiger partial charge in [0.1, 0.15) is 0 Å². The number of ketones is 2. The zero-order valence-corrected chi connectivity index (χ0v) is 16.1. The first kappa shape index (κ1) is 17.2. The predicted octanol–water partition coefficient (Wildman–Crippen LogP) is 3.23. The number of hydrogen-bond acceptors (Lipinski definition) is 4. The van der Waals surface area contributed by atoms with Crippen molar-refractivity contribution in [1.82, 2.24) is 0 Å². The van der Waals surface area contributed by atoms with E-state index in [0.29, 0.717) is 11.5 Å². The molecule has 0 atom stereocenters. The zero-order valence-electron chi connectivity index (χ0n) is 10.0. The molecule has 0 radical (unpaired) electrons. The first-order valence-corrected chi connectivity index (χ1v) is 19.9. The van der Waals surface area contributed by atoms with Crippen LogP contribution in [0.5, 0.6) is 0 Å². The Balaban J connectivity index is 4.59. The Morgan fingerprint density at radius 2 is 1.18 bits per heavy atom. The molecule has 0 amide bonds. The van der Waals surface area contributed by atoms with Gasteiger partial charge in [-0.25, -0.2) is 0 Å². The number of carbonyl (C=O) groups excluding carboxylic acids is 2. The van der Waals surface area contributed by atoms with Crippen LogP contribution in [0, 0.1) is 0 Å². The molecule has 0 aromatic carbocycles. The molecule has 0 aliphatic rings. The fourth-order valence-electron chi connectivity index (χ4n) is 1.03. The first-order valence-electron chi connectivity index (χ1n) is 4.76. The molecular formula is C10H14Br2O4Sn. The Morgan fingerprint density at radius 1 is 0.882 bits per heavy atom. The monoisotopic (exact) mass is 476 g/mol. The summed E-state index contributed by atoms with van der Waals surface area (Å²) in [5.74, 6) is 0.747. The van der Waals surface area contributed by atoms with Crippen molar-refractivity contribution < 1.29 is 15.7 Å². The third kappa shape index (κ3) is 9.84. The van der Waals surface area contributed by atoms with E-state index in [1.165, 1.54) is 26.0 Å². The van der Waals surface area contributed by atoms with Gasteiger partial charge in [-0.3, -0.25) is 0 Å². The van der Waals surface area contributed by atoms with E-state index < -0.39 is 14.8 Å². The normalized spacial score (nSPS) is 13.3. The summed E-state index contributed by atoms with van der Waals surface area (Å²) in [7, 11) is 0. The summed E-state index contributed by atoms with van der Waals surface area (Å²) >= 11 is 3.15. The van der Waals surface area contributed by atoms with Gasteiger partial charge in [-0.05, 0) is 0 Å². The Kier molecular flexibility index (Phi) is 7.66. The molecule has 0 saturated carbocycles. The molecule has 0 heterocycles. The van der Waals surface area contributed by atoms with Gasteiger partial charge in [-0.1, -0.05) is 0 Å². The van der Waals surface area contributed by atoms with Crippen LogP contribution in [0.25, 0.3) is 0 Å². The fourth-order valence-corrected chi connectivity index (χ4v) is 10.5. The van der Waals surface area contributed by atoms with Gasteiger partial charge >= 0.3 is 119 Å². The Hall–Kier alpha value is 0.179. The van der Waals surface area contributed by atoms with Crippen LogP contribution in [-0.4, -0.2) is 26.3 Å². The van der Waals surface area contributed by atoms with Crippen LogP contribution in [0.3, 0.4) is 0 Å². The van der Waals surface area contributed by atoms with E-state index in [-0.39, 0.29) is 11.6 Å². The van der Waals surface area contributed by atoms with Crippen molar-refractivity contribution >= 4 is 51.7 Å². The van der Waals surface area contributed by atoms with Crippen molar-refractivity contribution in [3.8, 4) is 0 Å². The number of allylic oxidation sites excluding steroid dienone is 4. The third-order valence-electron chi connectivity index (χ3n) is 1.37. The van der Waals surface area contributed by atoms with Gasteiger partial charge in [0.25, 0.3) is 0 Å². The van der Waals surface area contributed by atoms with Gasteiger partial charge in [-0.15, -0.1) is 0 Å². The molecule has 0 fully saturated rings. The molecule has 0 bridgehead atoms. The second kappa shape index (κ2) is 7.58. The molecule has 7 heteroatoms. The van der Waals surface area contributed by atoms with Crippen LogP contribution in [-0.2, 0) is 15.7 Å². The number of hydrogen-bond donors (Lipinski definition) is 0. The van der Waals surface area contributed by atoms with Crippen molar-refractivity contribution in [2.45, 2.75) is 27.7 Å². The summed E-state index contributed by atoms with van der Waals surface area (Å²) in [6.07, 6.45) is 2.75. The van der Waals surface area contributed by atoms with Gasteiger partial charge in [0, 0.05) is 0 Å². The second-order valence-electron chi connectivity index (χ2n) is 3.40. The van der Waals surface area contributed by atoms with Gasteiger partial charge in [0.2, 0.25) is 0 Å². The molecule has 0 unspecified atom stereocenters. The van der Waals surface area contributed by atoms with Crippen LogP contribution in [0.2, 0.25) is 0 Å². The third-order valence-corrected chi connectivity index (χ3v) is 8.91. The van der Waals surface area contributed by atoms with Crippen LogP contribution < -0.4 is 0 Å². The second-order valence-corrected chi connectivity index (χ2v) is 28.4. The average Bonchev–Trinajstić information content (AvgIpc) is 1.95. The van der Waals surface area contributed by atoms with Crippen LogP contribution in [0.4, 0.5) is 0 Å². The summed E-state index contributed by atoms with van der Waals surface area (Å²) in [5.41, 5.74) is 0. The zero-order chi connectivity index (χ0) is 13.6. The number of halogens is 2. The quantitative estimate of drug-likeness (QED) is 0.336. The average molecular weight is 477 g/mol. The summed E-state index contributed by atoms with van der Waals surface area (Å²) in [4.78, 5) is 21.7. The summed E-state index contributed by atoms with van der Waals surface area (Å²) in [6.45, 7) is 6.22. The molecule has 0 saturated heterocycles. The molecule has 0 spiro atoms. The molecule has 0 rings (SSSR count). The van der Waals surface area contributed by atoms with E-state index in [9.17, 15) is 9.59 Å². The van der Waals surface area contributed by atoms with Crippen molar-refractivity contribution in [2.24, 2.45) is 0 Å². The van der Waals surface area contributed by atoms with E-state index in [4.69, 9.17) is 6.15 Å². The van der Waals surface area contributed by atoms with Crippen molar-refractivity contribution in [2.75, 3.05) is 0 Å².